The van der Waals surface area contributed by atoms with Gasteiger partial charge in [-0.2, -0.15) is 0 Å². The summed E-state index contributed by atoms with van der Waals surface area (Å²) in [6, 6.07) is 7.42. The van der Waals surface area contributed by atoms with Crippen LogP contribution in [0.4, 0.5) is 0 Å². The van der Waals surface area contributed by atoms with Crippen molar-refractivity contribution in [1.29, 1.82) is 0 Å². The molecule has 4 heteroatoms. The quantitative estimate of drug-likeness (QED) is 0.789. The topological polar surface area (TPSA) is 41.1 Å². The Kier molecular flexibility index (Phi) is 4.97. The van der Waals surface area contributed by atoms with Gasteiger partial charge in [-0.1, -0.05) is 23.7 Å². The van der Waals surface area contributed by atoms with E-state index in [0.717, 1.165) is 12.1 Å². The summed E-state index contributed by atoms with van der Waals surface area (Å²) >= 11 is 5.94. The predicted octanol–water partition coefficient (Wildman–Crippen LogP) is 1.95. The van der Waals surface area contributed by atoms with Crippen LogP contribution >= 0.6 is 11.6 Å². The number of nitrogens with one attached hydrogen (secondary N) is 2. The number of rotatable bonds is 5. The largest absolute Gasteiger partial charge is 0.354 e. The lowest BCUT2D eigenvalue weighted by molar-refractivity contribution is -0.125. The Morgan fingerprint density at radius 1 is 1.35 bits per heavy atom. The molecule has 0 bridgehead atoms. The van der Waals surface area contributed by atoms with Gasteiger partial charge in [0.25, 0.3) is 0 Å². The van der Waals surface area contributed by atoms with E-state index in [9.17, 15) is 4.79 Å². The molecule has 1 aromatic rings. The number of benzene rings is 1. The predicted molar refractivity (Wildman–Crippen MR) is 71.4 cm³/mol. The zero-order valence-corrected chi connectivity index (χ0v) is 11.3. The monoisotopic (exact) mass is 254 g/mol. The average molecular weight is 255 g/mol. The van der Waals surface area contributed by atoms with E-state index >= 15 is 0 Å². The van der Waals surface area contributed by atoms with Crippen LogP contribution in [-0.4, -0.2) is 26.0 Å². The number of hydrogen-bond donors (Lipinski definition) is 2. The van der Waals surface area contributed by atoms with Crippen molar-refractivity contribution in [3.05, 3.63) is 34.9 Å². The van der Waals surface area contributed by atoms with E-state index in [0.29, 0.717) is 11.6 Å². The summed E-state index contributed by atoms with van der Waals surface area (Å²) < 4.78 is 0. The molecule has 0 unspecified atom stereocenters. The molecule has 0 aromatic heterocycles. The minimum atomic E-state index is -0.571. The number of amides is 1. The van der Waals surface area contributed by atoms with Crippen LogP contribution in [0.3, 0.4) is 0 Å². The summed E-state index contributed by atoms with van der Waals surface area (Å²) in [6.07, 6.45) is 0. The van der Waals surface area contributed by atoms with Gasteiger partial charge in [0.2, 0.25) is 5.91 Å². The SMILES string of the molecule is CNCCNC(=O)C(C)(C)c1cccc(Cl)c1. The first-order valence-electron chi connectivity index (χ1n) is 5.67. The highest BCUT2D eigenvalue weighted by molar-refractivity contribution is 6.30. The van der Waals surface area contributed by atoms with E-state index in [4.69, 9.17) is 11.6 Å². The highest BCUT2D eigenvalue weighted by Crippen LogP contribution is 2.25. The fourth-order valence-electron chi connectivity index (χ4n) is 1.53. The molecular weight excluding hydrogens is 236 g/mol. The van der Waals surface area contributed by atoms with Gasteiger partial charge >= 0.3 is 0 Å². The normalized spacial score (nSPS) is 11.3. The first-order valence-corrected chi connectivity index (χ1v) is 6.05. The van der Waals surface area contributed by atoms with E-state index in [1.807, 2.05) is 39.1 Å². The molecule has 0 atom stereocenters. The maximum absolute atomic E-state index is 12.1. The van der Waals surface area contributed by atoms with Crippen LogP contribution in [0.15, 0.2) is 24.3 Å². The van der Waals surface area contributed by atoms with Gasteiger partial charge in [0.15, 0.2) is 0 Å². The van der Waals surface area contributed by atoms with Crippen LogP contribution in [0.25, 0.3) is 0 Å². The minimum Gasteiger partial charge on any atom is -0.354 e. The highest BCUT2D eigenvalue weighted by atomic mass is 35.5. The van der Waals surface area contributed by atoms with Crippen LogP contribution < -0.4 is 10.6 Å². The van der Waals surface area contributed by atoms with Gasteiger partial charge in [-0.05, 0) is 38.6 Å². The molecule has 0 aliphatic rings. The van der Waals surface area contributed by atoms with Gasteiger partial charge in [0.05, 0.1) is 5.41 Å². The van der Waals surface area contributed by atoms with Crippen molar-refractivity contribution < 1.29 is 4.79 Å². The smallest absolute Gasteiger partial charge is 0.230 e. The van der Waals surface area contributed by atoms with Crippen molar-refractivity contribution in [2.45, 2.75) is 19.3 Å². The molecule has 0 heterocycles. The molecule has 0 aliphatic heterocycles. The third kappa shape index (κ3) is 3.72. The molecule has 1 aromatic carbocycles. The third-order valence-electron chi connectivity index (χ3n) is 2.77. The van der Waals surface area contributed by atoms with E-state index in [2.05, 4.69) is 10.6 Å². The second-order valence-electron chi connectivity index (χ2n) is 4.49. The molecule has 0 saturated heterocycles. The zero-order valence-electron chi connectivity index (χ0n) is 10.5. The Balaban J connectivity index is 2.76. The van der Waals surface area contributed by atoms with Crippen LogP contribution in [0.1, 0.15) is 19.4 Å². The van der Waals surface area contributed by atoms with Crippen molar-refractivity contribution in [3.8, 4) is 0 Å². The van der Waals surface area contributed by atoms with E-state index in [1.165, 1.54) is 0 Å². The van der Waals surface area contributed by atoms with Crippen molar-refractivity contribution in [3.63, 3.8) is 0 Å². The second kappa shape index (κ2) is 6.03. The Hall–Kier alpha value is -1.06. The van der Waals surface area contributed by atoms with Crippen molar-refractivity contribution in [2.24, 2.45) is 0 Å². The number of carbonyl (C=O) groups is 1. The number of halogens is 1. The number of hydrogen-bond acceptors (Lipinski definition) is 2. The molecule has 0 aliphatic carbocycles. The zero-order chi connectivity index (χ0) is 12.9. The van der Waals surface area contributed by atoms with E-state index < -0.39 is 5.41 Å². The molecule has 0 spiro atoms. The second-order valence-corrected chi connectivity index (χ2v) is 4.93. The molecule has 17 heavy (non-hydrogen) atoms. The van der Waals surface area contributed by atoms with Crippen LogP contribution in [-0.2, 0) is 10.2 Å². The summed E-state index contributed by atoms with van der Waals surface area (Å²) in [5.41, 5.74) is 0.352. The van der Waals surface area contributed by atoms with Gasteiger partial charge < -0.3 is 10.6 Å². The summed E-state index contributed by atoms with van der Waals surface area (Å²) in [6.45, 7) is 5.18. The minimum absolute atomic E-state index is 0.00927. The van der Waals surface area contributed by atoms with Crippen molar-refractivity contribution in [1.82, 2.24) is 10.6 Å². The standard InChI is InChI=1S/C13H19ClN2O/c1-13(2,12(17)16-8-7-15-3)10-5-4-6-11(14)9-10/h4-6,9,15H,7-8H2,1-3H3,(H,16,17). The maximum Gasteiger partial charge on any atom is 0.230 e. The molecular formula is C13H19ClN2O. The first kappa shape index (κ1) is 14.0. The summed E-state index contributed by atoms with van der Waals surface area (Å²) in [7, 11) is 1.86. The maximum atomic E-state index is 12.1. The number of likely N-dealkylation sites (N-methyl/N-ethyl adjacent to an activating group) is 1. The lowest BCUT2D eigenvalue weighted by Gasteiger charge is -2.24. The molecule has 0 fully saturated rings. The van der Waals surface area contributed by atoms with Crippen molar-refractivity contribution in [2.75, 3.05) is 20.1 Å². The Morgan fingerprint density at radius 2 is 2.06 bits per heavy atom. The van der Waals surface area contributed by atoms with Gasteiger partial charge in [-0.15, -0.1) is 0 Å². The van der Waals surface area contributed by atoms with E-state index in [1.54, 1.807) is 6.07 Å². The number of carbonyl (C=O) groups excluding carboxylic acids is 1. The molecule has 3 nitrogen and oxygen atoms in total. The molecule has 1 amide bonds. The van der Waals surface area contributed by atoms with Gasteiger partial charge in [0, 0.05) is 18.1 Å². The molecule has 0 radical (unpaired) electrons. The summed E-state index contributed by atoms with van der Waals surface area (Å²) in [5.74, 6) is 0.00927. The Bertz CT molecular complexity index is 391. The van der Waals surface area contributed by atoms with Gasteiger partial charge in [-0.25, -0.2) is 0 Å². The fraction of sp³-hybridized carbons (Fsp3) is 0.462. The molecule has 94 valence electrons. The van der Waals surface area contributed by atoms with Gasteiger partial charge in [-0.3, -0.25) is 4.79 Å². The first-order chi connectivity index (χ1) is 7.98. The molecule has 2 N–H and O–H groups in total. The molecule has 1 rings (SSSR count). The third-order valence-corrected chi connectivity index (χ3v) is 3.01. The van der Waals surface area contributed by atoms with Crippen LogP contribution in [0.2, 0.25) is 5.02 Å². The summed E-state index contributed by atoms with van der Waals surface area (Å²) in [4.78, 5) is 12.1. The lowest BCUT2D eigenvalue weighted by atomic mass is 9.84. The van der Waals surface area contributed by atoms with Crippen LogP contribution in [0.5, 0.6) is 0 Å². The summed E-state index contributed by atoms with van der Waals surface area (Å²) in [5, 5.41) is 6.54. The lowest BCUT2D eigenvalue weighted by Crippen LogP contribution is -2.42. The highest BCUT2D eigenvalue weighted by Gasteiger charge is 2.29. The Labute approximate surface area is 108 Å². The van der Waals surface area contributed by atoms with Crippen molar-refractivity contribution >= 4 is 17.5 Å². The van der Waals surface area contributed by atoms with E-state index in [-0.39, 0.29) is 5.91 Å². The molecule has 0 saturated carbocycles. The Morgan fingerprint density at radius 3 is 2.65 bits per heavy atom. The average Bonchev–Trinajstić information content (AvgIpc) is 2.29. The van der Waals surface area contributed by atoms with Crippen LogP contribution in [0, 0.1) is 0 Å². The fourth-order valence-corrected chi connectivity index (χ4v) is 1.72. The van der Waals surface area contributed by atoms with Gasteiger partial charge in [0.1, 0.15) is 0 Å².